The highest BCUT2D eigenvalue weighted by molar-refractivity contribution is 6.30. The second kappa shape index (κ2) is 5.94. The van der Waals surface area contributed by atoms with Crippen LogP contribution in [-0.2, 0) is 16.0 Å². The second-order valence-electron chi connectivity index (χ2n) is 5.39. The third-order valence-corrected chi connectivity index (χ3v) is 2.74. The molecule has 0 bridgehead atoms. The lowest BCUT2D eigenvalue weighted by Crippen LogP contribution is -2.41. The maximum absolute atomic E-state index is 12.1. The molecular formula is C15H15ClN2O2. The molecule has 0 heterocycles. The summed E-state index contributed by atoms with van der Waals surface area (Å²) in [6.07, 6.45) is -0.0287. The number of esters is 1. The molecule has 1 rings (SSSR count). The maximum Gasteiger partial charge on any atom is 0.413 e. The van der Waals surface area contributed by atoms with Crippen molar-refractivity contribution in [3.05, 3.63) is 46.3 Å². The Hall–Kier alpha value is -2.04. The number of hydrogen-bond donors (Lipinski definition) is 0. The normalized spacial score (nSPS) is 13.7. The highest BCUT2D eigenvalue weighted by Crippen LogP contribution is 2.23. The third kappa shape index (κ3) is 3.98. The van der Waals surface area contributed by atoms with E-state index >= 15 is 0 Å². The van der Waals surface area contributed by atoms with E-state index < -0.39 is 17.1 Å². The molecule has 4 nitrogen and oxygen atoms in total. The molecule has 0 aliphatic heterocycles. The molecule has 1 aromatic carbocycles. The lowest BCUT2D eigenvalue weighted by Gasteiger charge is -2.22. The minimum Gasteiger partial charge on any atom is -0.453 e. The predicted molar refractivity (Wildman–Crippen MR) is 75.9 cm³/mol. The zero-order valence-corrected chi connectivity index (χ0v) is 12.4. The third-order valence-electron chi connectivity index (χ3n) is 2.49. The summed E-state index contributed by atoms with van der Waals surface area (Å²) in [5.41, 5.74) is -1.93. The van der Waals surface area contributed by atoms with E-state index in [9.17, 15) is 10.1 Å². The fraction of sp³-hybridized carbons (Fsp3) is 0.400. The molecule has 20 heavy (non-hydrogen) atoms. The van der Waals surface area contributed by atoms with Gasteiger partial charge in [-0.3, -0.25) is 4.85 Å². The van der Waals surface area contributed by atoms with Crippen molar-refractivity contribution in [1.29, 1.82) is 5.26 Å². The van der Waals surface area contributed by atoms with Crippen LogP contribution in [0.2, 0.25) is 5.02 Å². The summed E-state index contributed by atoms with van der Waals surface area (Å²) in [6, 6.07) is 8.46. The van der Waals surface area contributed by atoms with Gasteiger partial charge in [-0.05, 0) is 38.5 Å². The highest BCUT2D eigenvalue weighted by Gasteiger charge is 2.49. The Bertz CT molecular complexity index is 560. The fourth-order valence-corrected chi connectivity index (χ4v) is 1.65. The average molecular weight is 291 g/mol. The zero-order chi connectivity index (χ0) is 15.4. The first-order valence-electron chi connectivity index (χ1n) is 6.00. The molecule has 1 aromatic rings. The van der Waals surface area contributed by atoms with Crippen LogP contribution in [0.15, 0.2) is 24.3 Å². The summed E-state index contributed by atoms with van der Waals surface area (Å²) in [6.45, 7) is 12.3. The molecule has 0 spiro atoms. The second-order valence-corrected chi connectivity index (χ2v) is 5.83. The average Bonchev–Trinajstić information content (AvgIpc) is 2.36. The Balaban J connectivity index is 3.05. The molecule has 0 radical (unpaired) electrons. The summed E-state index contributed by atoms with van der Waals surface area (Å²) in [4.78, 5) is 15.4. The Morgan fingerprint density at radius 3 is 2.35 bits per heavy atom. The van der Waals surface area contributed by atoms with Gasteiger partial charge in [-0.25, -0.2) is 11.4 Å². The van der Waals surface area contributed by atoms with E-state index in [0.29, 0.717) is 10.6 Å². The van der Waals surface area contributed by atoms with Crippen LogP contribution in [0.5, 0.6) is 0 Å². The van der Waals surface area contributed by atoms with Gasteiger partial charge in [0.15, 0.2) is 6.07 Å². The first-order valence-corrected chi connectivity index (χ1v) is 6.38. The van der Waals surface area contributed by atoms with Gasteiger partial charge < -0.3 is 4.74 Å². The summed E-state index contributed by atoms with van der Waals surface area (Å²) in [7, 11) is 0. The minimum atomic E-state index is -1.86. The van der Waals surface area contributed by atoms with Crippen molar-refractivity contribution in [1.82, 2.24) is 0 Å². The number of nitrogens with zero attached hydrogens (tertiary/aromatic N) is 2. The number of ether oxygens (including phenoxy) is 1. The number of hydrogen-bond acceptors (Lipinski definition) is 3. The van der Waals surface area contributed by atoms with Gasteiger partial charge in [0.2, 0.25) is 0 Å². The molecule has 0 saturated carbocycles. The minimum absolute atomic E-state index is 0.0287. The van der Waals surface area contributed by atoms with E-state index in [1.165, 1.54) is 0 Å². The van der Waals surface area contributed by atoms with Crippen LogP contribution in [0.1, 0.15) is 26.3 Å². The number of carbonyl (C=O) groups is 1. The van der Waals surface area contributed by atoms with Crippen LogP contribution in [0.4, 0.5) is 0 Å². The van der Waals surface area contributed by atoms with E-state index in [1.54, 1.807) is 51.1 Å². The summed E-state index contributed by atoms with van der Waals surface area (Å²) in [5.74, 6) is -0.822. The lowest BCUT2D eigenvalue weighted by molar-refractivity contribution is -0.157. The molecule has 1 unspecified atom stereocenters. The van der Waals surface area contributed by atoms with Gasteiger partial charge in [0, 0.05) is 5.02 Å². The molecule has 0 aromatic heterocycles. The van der Waals surface area contributed by atoms with Crippen molar-refractivity contribution in [2.75, 3.05) is 0 Å². The monoisotopic (exact) mass is 290 g/mol. The lowest BCUT2D eigenvalue weighted by atomic mass is 9.93. The molecule has 5 heteroatoms. The van der Waals surface area contributed by atoms with Crippen molar-refractivity contribution >= 4 is 17.6 Å². The van der Waals surface area contributed by atoms with E-state index in [0.717, 1.165) is 0 Å². The van der Waals surface area contributed by atoms with Crippen LogP contribution >= 0.6 is 11.6 Å². The Kier molecular flexibility index (Phi) is 4.76. The van der Waals surface area contributed by atoms with E-state index in [-0.39, 0.29) is 6.42 Å². The van der Waals surface area contributed by atoms with Crippen molar-refractivity contribution in [2.24, 2.45) is 0 Å². The SMILES string of the molecule is [C-]#[N+]C(C#N)(Cc1ccc(Cl)cc1)C(=O)OC(C)(C)C. The molecule has 0 fully saturated rings. The van der Waals surface area contributed by atoms with Crippen LogP contribution in [0, 0.1) is 17.9 Å². The van der Waals surface area contributed by atoms with Gasteiger partial charge in [-0.1, -0.05) is 23.7 Å². The van der Waals surface area contributed by atoms with Gasteiger partial charge in [-0.15, -0.1) is 0 Å². The van der Waals surface area contributed by atoms with Crippen molar-refractivity contribution in [3.63, 3.8) is 0 Å². The Morgan fingerprint density at radius 2 is 1.95 bits per heavy atom. The first kappa shape index (κ1) is 16.0. The molecule has 1 atom stereocenters. The van der Waals surface area contributed by atoms with E-state index in [1.807, 2.05) is 0 Å². The first-order chi connectivity index (χ1) is 9.22. The van der Waals surface area contributed by atoms with E-state index in [2.05, 4.69) is 4.85 Å². The molecule has 0 aliphatic rings. The van der Waals surface area contributed by atoms with Gasteiger partial charge in [0.25, 0.3) is 0 Å². The number of halogens is 1. The van der Waals surface area contributed by atoms with Crippen LogP contribution < -0.4 is 0 Å². The van der Waals surface area contributed by atoms with Crippen LogP contribution in [-0.4, -0.2) is 17.1 Å². The molecular weight excluding hydrogens is 276 g/mol. The van der Waals surface area contributed by atoms with Gasteiger partial charge in [0.1, 0.15) is 5.60 Å². The van der Waals surface area contributed by atoms with Crippen molar-refractivity contribution < 1.29 is 9.53 Å². The zero-order valence-electron chi connectivity index (χ0n) is 11.6. The highest BCUT2D eigenvalue weighted by atomic mass is 35.5. The number of benzene rings is 1. The van der Waals surface area contributed by atoms with Gasteiger partial charge in [0.05, 0.1) is 6.42 Å². The van der Waals surface area contributed by atoms with Gasteiger partial charge in [-0.2, -0.15) is 5.26 Å². The summed E-state index contributed by atoms with van der Waals surface area (Å²) >= 11 is 5.78. The van der Waals surface area contributed by atoms with Crippen LogP contribution in [0.25, 0.3) is 4.85 Å². The maximum atomic E-state index is 12.1. The molecule has 0 N–H and O–H groups in total. The topological polar surface area (TPSA) is 54.5 Å². The largest absolute Gasteiger partial charge is 0.453 e. The molecule has 0 aliphatic carbocycles. The smallest absolute Gasteiger partial charge is 0.413 e. The van der Waals surface area contributed by atoms with E-state index in [4.69, 9.17) is 22.9 Å². The standard InChI is InChI=1S/C15H15ClN2O2/c1-14(2,3)20-13(19)15(10-17,18-4)9-11-5-7-12(16)8-6-11/h5-8H,9H2,1-3H3. The number of rotatable bonds is 3. The van der Waals surface area contributed by atoms with Gasteiger partial charge >= 0.3 is 11.5 Å². The summed E-state index contributed by atoms with van der Waals surface area (Å²) < 4.78 is 5.18. The number of nitriles is 1. The molecule has 104 valence electrons. The summed E-state index contributed by atoms with van der Waals surface area (Å²) in [5, 5.41) is 9.82. The van der Waals surface area contributed by atoms with Crippen molar-refractivity contribution in [2.45, 2.75) is 38.3 Å². The Labute approximate surface area is 123 Å². The predicted octanol–water partition coefficient (Wildman–Crippen LogP) is 3.41. The molecule has 0 amide bonds. The fourth-order valence-electron chi connectivity index (χ4n) is 1.53. The molecule has 0 saturated heterocycles. The Morgan fingerprint density at radius 1 is 1.40 bits per heavy atom. The quantitative estimate of drug-likeness (QED) is 0.633. The van der Waals surface area contributed by atoms with Crippen LogP contribution in [0.3, 0.4) is 0 Å². The van der Waals surface area contributed by atoms with Crippen molar-refractivity contribution in [3.8, 4) is 6.07 Å². The number of carbonyl (C=O) groups excluding carboxylic acids is 1.